The molecule has 5 N–H and O–H groups in total. The van der Waals surface area contributed by atoms with Crippen LogP contribution in [0.25, 0.3) is 0 Å². The molecule has 0 fully saturated rings. The number of nitrogen functional groups attached to an aromatic ring is 1. The van der Waals surface area contributed by atoms with Gasteiger partial charge in [-0.25, -0.2) is 4.79 Å². The highest BCUT2D eigenvalue weighted by molar-refractivity contribution is 5.97. The van der Waals surface area contributed by atoms with Crippen LogP contribution in [0.4, 0.5) is 11.4 Å². The molecule has 0 heterocycles. The summed E-state index contributed by atoms with van der Waals surface area (Å²) < 4.78 is 4.83. The van der Waals surface area contributed by atoms with Gasteiger partial charge in [-0.05, 0) is 19.1 Å². The smallest absolute Gasteiger partial charge is 0.337 e. The van der Waals surface area contributed by atoms with Crippen LogP contribution >= 0.6 is 0 Å². The maximum Gasteiger partial charge on any atom is 0.337 e. The van der Waals surface area contributed by atoms with Gasteiger partial charge in [-0.1, -0.05) is 6.07 Å². The van der Waals surface area contributed by atoms with Crippen LogP contribution in [-0.2, 0) is 9.53 Å². The van der Waals surface area contributed by atoms with Crippen LogP contribution in [0.15, 0.2) is 18.2 Å². The van der Waals surface area contributed by atoms with E-state index in [1.165, 1.54) is 6.07 Å². The van der Waals surface area contributed by atoms with E-state index in [0.29, 0.717) is 18.8 Å². The van der Waals surface area contributed by atoms with Gasteiger partial charge in [0.15, 0.2) is 0 Å². The van der Waals surface area contributed by atoms with Crippen molar-refractivity contribution in [2.24, 2.45) is 0 Å². The summed E-state index contributed by atoms with van der Waals surface area (Å²) in [7, 11) is 1.55. The number of rotatable bonds is 7. The molecule has 1 aromatic carbocycles. The third-order valence-electron chi connectivity index (χ3n) is 2.71. The number of ether oxygens (including phenoxy) is 1. The summed E-state index contributed by atoms with van der Waals surface area (Å²) in [5, 5.41) is 14.5. The molecular formula is C13H19N3O4. The van der Waals surface area contributed by atoms with Crippen molar-refractivity contribution in [3.63, 3.8) is 0 Å². The van der Waals surface area contributed by atoms with Crippen LogP contribution in [0.1, 0.15) is 17.3 Å². The van der Waals surface area contributed by atoms with Crippen LogP contribution in [0.5, 0.6) is 0 Å². The van der Waals surface area contributed by atoms with Crippen LogP contribution < -0.4 is 16.4 Å². The lowest BCUT2D eigenvalue weighted by molar-refractivity contribution is -0.121. The molecule has 0 spiro atoms. The van der Waals surface area contributed by atoms with Crippen molar-refractivity contribution >= 4 is 23.3 Å². The molecule has 1 rings (SSSR count). The van der Waals surface area contributed by atoms with Gasteiger partial charge in [-0.2, -0.15) is 0 Å². The molecule has 0 bridgehead atoms. The van der Waals surface area contributed by atoms with Crippen LogP contribution in [0.2, 0.25) is 0 Å². The monoisotopic (exact) mass is 281 g/mol. The highest BCUT2D eigenvalue weighted by Crippen LogP contribution is 2.23. The number of methoxy groups -OCH3 is 1. The number of para-hydroxylation sites is 1. The number of nitrogens with one attached hydrogen (secondary N) is 2. The molecule has 0 saturated carbocycles. The van der Waals surface area contributed by atoms with Gasteiger partial charge in [0.2, 0.25) is 5.91 Å². The summed E-state index contributed by atoms with van der Waals surface area (Å²) >= 11 is 0. The molecule has 20 heavy (non-hydrogen) atoms. The topological polar surface area (TPSA) is 114 Å². The van der Waals surface area contributed by atoms with Crippen molar-refractivity contribution in [1.82, 2.24) is 5.32 Å². The minimum Gasteiger partial charge on any atom is -0.478 e. The van der Waals surface area contributed by atoms with E-state index in [1.54, 1.807) is 26.2 Å². The Hall–Kier alpha value is -2.28. The first-order chi connectivity index (χ1) is 9.47. The van der Waals surface area contributed by atoms with Crippen molar-refractivity contribution in [2.45, 2.75) is 13.0 Å². The molecule has 7 nitrogen and oxygen atoms in total. The molecule has 1 atom stereocenters. The predicted molar refractivity (Wildman–Crippen MR) is 75.8 cm³/mol. The van der Waals surface area contributed by atoms with E-state index in [4.69, 9.17) is 15.6 Å². The zero-order valence-electron chi connectivity index (χ0n) is 11.5. The molecule has 1 unspecified atom stereocenters. The lowest BCUT2D eigenvalue weighted by Crippen LogP contribution is -2.39. The fourth-order valence-corrected chi connectivity index (χ4v) is 1.61. The van der Waals surface area contributed by atoms with Crippen LogP contribution in [0.3, 0.4) is 0 Å². The minimum atomic E-state index is -1.11. The fourth-order valence-electron chi connectivity index (χ4n) is 1.61. The third-order valence-corrected chi connectivity index (χ3v) is 2.71. The quantitative estimate of drug-likeness (QED) is 0.428. The average Bonchev–Trinajstić information content (AvgIpc) is 2.40. The number of amides is 1. The Morgan fingerprint density at radius 2 is 2.15 bits per heavy atom. The van der Waals surface area contributed by atoms with Gasteiger partial charge in [-0.3, -0.25) is 4.79 Å². The van der Waals surface area contributed by atoms with E-state index in [-0.39, 0.29) is 17.2 Å². The van der Waals surface area contributed by atoms with Crippen molar-refractivity contribution in [3.05, 3.63) is 23.8 Å². The number of aromatic carboxylic acids is 1. The SMILES string of the molecule is COCCNC(=O)C(C)Nc1cccc(C(=O)O)c1N. The number of carbonyl (C=O) groups is 2. The lowest BCUT2D eigenvalue weighted by Gasteiger charge is -2.17. The Morgan fingerprint density at radius 3 is 2.75 bits per heavy atom. The Morgan fingerprint density at radius 1 is 1.45 bits per heavy atom. The summed E-state index contributed by atoms with van der Waals surface area (Å²) in [6.07, 6.45) is 0. The van der Waals surface area contributed by atoms with E-state index in [0.717, 1.165) is 0 Å². The molecule has 0 radical (unpaired) electrons. The first kappa shape index (κ1) is 15.8. The van der Waals surface area contributed by atoms with Crippen LogP contribution in [0, 0.1) is 0 Å². The average molecular weight is 281 g/mol. The second-order valence-electron chi connectivity index (χ2n) is 4.22. The normalized spacial score (nSPS) is 11.7. The maximum atomic E-state index is 11.8. The fraction of sp³-hybridized carbons (Fsp3) is 0.385. The van der Waals surface area contributed by atoms with Crippen molar-refractivity contribution in [1.29, 1.82) is 0 Å². The Labute approximate surface area is 117 Å². The first-order valence-corrected chi connectivity index (χ1v) is 6.12. The number of benzene rings is 1. The minimum absolute atomic E-state index is 0.00184. The van der Waals surface area contributed by atoms with Crippen molar-refractivity contribution in [3.8, 4) is 0 Å². The van der Waals surface area contributed by atoms with Crippen molar-refractivity contribution in [2.75, 3.05) is 31.3 Å². The molecule has 110 valence electrons. The van der Waals surface area contributed by atoms with Gasteiger partial charge in [0.1, 0.15) is 6.04 Å². The van der Waals surface area contributed by atoms with E-state index < -0.39 is 12.0 Å². The van der Waals surface area contributed by atoms with E-state index >= 15 is 0 Å². The highest BCUT2D eigenvalue weighted by atomic mass is 16.5. The standard InChI is InChI=1S/C13H19N3O4/c1-8(12(17)15-6-7-20-2)16-10-5-3-4-9(11(10)14)13(18)19/h3-5,8,16H,6-7,14H2,1-2H3,(H,15,17)(H,18,19). The summed E-state index contributed by atoms with van der Waals surface area (Å²) in [5.41, 5.74) is 6.29. The number of hydrogen-bond donors (Lipinski definition) is 4. The Balaban J connectivity index is 2.71. The molecule has 1 aromatic rings. The van der Waals surface area contributed by atoms with Crippen LogP contribution in [-0.4, -0.2) is 43.3 Å². The summed E-state index contributed by atoms with van der Waals surface area (Å²) in [5.74, 6) is -1.33. The van der Waals surface area contributed by atoms with Gasteiger partial charge in [-0.15, -0.1) is 0 Å². The molecule has 0 aliphatic rings. The maximum absolute atomic E-state index is 11.8. The van der Waals surface area contributed by atoms with Gasteiger partial charge in [0.05, 0.1) is 23.5 Å². The summed E-state index contributed by atoms with van der Waals surface area (Å²) in [6, 6.07) is 4.06. The van der Waals surface area contributed by atoms with Gasteiger partial charge >= 0.3 is 5.97 Å². The molecule has 0 saturated heterocycles. The third kappa shape index (κ3) is 4.13. The largest absolute Gasteiger partial charge is 0.478 e. The molecular weight excluding hydrogens is 262 g/mol. The molecule has 0 aromatic heterocycles. The van der Waals surface area contributed by atoms with E-state index in [2.05, 4.69) is 10.6 Å². The lowest BCUT2D eigenvalue weighted by atomic mass is 10.1. The van der Waals surface area contributed by atoms with Gasteiger partial charge < -0.3 is 26.2 Å². The number of carboxylic acids is 1. The van der Waals surface area contributed by atoms with E-state index in [1.807, 2.05) is 0 Å². The zero-order valence-corrected chi connectivity index (χ0v) is 11.5. The van der Waals surface area contributed by atoms with Crippen molar-refractivity contribution < 1.29 is 19.4 Å². The van der Waals surface area contributed by atoms with Gasteiger partial charge in [0.25, 0.3) is 0 Å². The first-order valence-electron chi connectivity index (χ1n) is 6.12. The molecule has 0 aliphatic carbocycles. The van der Waals surface area contributed by atoms with E-state index in [9.17, 15) is 9.59 Å². The molecule has 7 heteroatoms. The number of anilines is 2. The Bertz CT molecular complexity index is 491. The Kier molecular flexibility index (Phi) is 5.79. The summed E-state index contributed by atoms with van der Waals surface area (Å²) in [4.78, 5) is 22.7. The highest BCUT2D eigenvalue weighted by Gasteiger charge is 2.16. The number of carboxylic acid groups (broad SMARTS) is 1. The zero-order chi connectivity index (χ0) is 15.1. The van der Waals surface area contributed by atoms with Gasteiger partial charge in [0, 0.05) is 13.7 Å². The molecule has 0 aliphatic heterocycles. The number of hydrogen-bond acceptors (Lipinski definition) is 5. The predicted octanol–water partition coefficient (Wildman–Crippen LogP) is 0.530. The number of carbonyl (C=O) groups excluding carboxylic acids is 1. The second-order valence-corrected chi connectivity index (χ2v) is 4.22. The number of nitrogens with two attached hydrogens (primary N) is 1. The summed E-state index contributed by atoms with van der Waals surface area (Å²) in [6.45, 7) is 2.50. The second kappa shape index (κ2) is 7.34. The molecule has 1 amide bonds.